The second kappa shape index (κ2) is 12.7. The summed E-state index contributed by atoms with van der Waals surface area (Å²) in [5.74, 6) is 0.411. The predicted octanol–water partition coefficient (Wildman–Crippen LogP) is 13.3. The average Bonchev–Trinajstić information content (AvgIpc) is 3.75. The Kier molecular flexibility index (Phi) is 7.57. The highest BCUT2D eigenvalue weighted by atomic mass is 15.1. The summed E-state index contributed by atoms with van der Waals surface area (Å²) in [4.78, 5) is 2.44. The fraction of sp³-hybridized carbons (Fsp3) is 0.160. The van der Waals surface area contributed by atoms with E-state index in [2.05, 4.69) is 174 Å². The Labute approximate surface area is 307 Å². The summed E-state index contributed by atoms with van der Waals surface area (Å²) in [6, 6.07) is 45.4. The van der Waals surface area contributed by atoms with Gasteiger partial charge in [-0.1, -0.05) is 104 Å². The van der Waals surface area contributed by atoms with Crippen molar-refractivity contribution in [2.75, 3.05) is 4.90 Å². The van der Waals surface area contributed by atoms with E-state index >= 15 is 0 Å². The molecule has 1 aromatic heterocycles. The van der Waals surface area contributed by atoms with Gasteiger partial charge in [0.2, 0.25) is 0 Å². The van der Waals surface area contributed by atoms with Gasteiger partial charge in [-0.3, -0.25) is 0 Å². The van der Waals surface area contributed by atoms with Crippen molar-refractivity contribution in [3.63, 3.8) is 0 Å². The Morgan fingerprint density at radius 1 is 0.635 bits per heavy atom. The summed E-state index contributed by atoms with van der Waals surface area (Å²) in [6.07, 6.45) is 20.3. The predicted molar refractivity (Wildman–Crippen MR) is 220 cm³/mol. The molecule has 0 bridgehead atoms. The van der Waals surface area contributed by atoms with E-state index in [9.17, 15) is 0 Å². The largest absolute Gasteiger partial charge is 0.313 e. The number of aromatic nitrogens is 1. The normalized spacial score (nSPS) is 16.8. The maximum absolute atomic E-state index is 2.53. The van der Waals surface area contributed by atoms with Crippen molar-refractivity contribution < 1.29 is 0 Å². The third kappa shape index (κ3) is 5.25. The van der Waals surface area contributed by atoms with E-state index in [0.29, 0.717) is 5.92 Å². The highest BCUT2D eigenvalue weighted by Gasteiger charge is 2.30. The van der Waals surface area contributed by atoms with Gasteiger partial charge in [-0.25, -0.2) is 0 Å². The van der Waals surface area contributed by atoms with Crippen LogP contribution in [0.5, 0.6) is 0 Å². The lowest BCUT2D eigenvalue weighted by atomic mass is 9.83. The Hall–Kier alpha value is -5.86. The molecular formula is C50H42N2. The first-order valence-electron chi connectivity index (χ1n) is 19.0. The van der Waals surface area contributed by atoms with Crippen LogP contribution in [0.2, 0.25) is 0 Å². The van der Waals surface area contributed by atoms with E-state index in [0.717, 1.165) is 38.5 Å². The first-order valence-corrected chi connectivity index (χ1v) is 19.0. The zero-order chi connectivity index (χ0) is 34.6. The molecule has 0 N–H and O–H groups in total. The molecule has 52 heavy (non-hydrogen) atoms. The highest BCUT2D eigenvalue weighted by molar-refractivity contribution is 5.89. The first-order chi connectivity index (χ1) is 25.7. The number of anilines is 3. The van der Waals surface area contributed by atoms with Gasteiger partial charge in [-0.05, 0) is 149 Å². The molecule has 4 aliphatic rings. The number of benzene rings is 5. The van der Waals surface area contributed by atoms with E-state index in [1.165, 1.54) is 89.8 Å². The quantitative estimate of drug-likeness (QED) is 0.171. The van der Waals surface area contributed by atoms with Crippen LogP contribution in [0.25, 0.3) is 40.1 Å². The molecule has 0 spiro atoms. The Bertz CT molecular complexity index is 2450. The number of hydrogen-bond donors (Lipinski definition) is 0. The van der Waals surface area contributed by atoms with Crippen LogP contribution in [0.4, 0.5) is 17.1 Å². The lowest BCUT2D eigenvalue weighted by molar-refractivity contribution is 0.725. The summed E-state index contributed by atoms with van der Waals surface area (Å²) < 4.78 is 2.53. The van der Waals surface area contributed by atoms with Crippen LogP contribution in [0.1, 0.15) is 83.3 Å². The fourth-order valence-corrected chi connectivity index (χ4v) is 9.11. The SMILES string of the molecule is CC1CC(c2ccc(N(c3ccc(C4=CC=CCC4)cc3)c3ccc4c(c3)Cc3ccccc3-4)cc2)=Cc2c3c(n(-c4ccccc4)c21)C=CCC3. The van der Waals surface area contributed by atoms with Crippen LogP contribution in [-0.4, -0.2) is 4.57 Å². The molecule has 5 aromatic carbocycles. The van der Waals surface area contributed by atoms with Crippen LogP contribution < -0.4 is 4.90 Å². The van der Waals surface area contributed by atoms with Crippen molar-refractivity contribution in [2.24, 2.45) is 0 Å². The molecule has 0 saturated carbocycles. The van der Waals surface area contributed by atoms with Crippen LogP contribution in [0, 0.1) is 0 Å². The van der Waals surface area contributed by atoms with E-state index < -0.39 is 0 Å². The summed E-state index contributed by atoms with van der Waals surface area (Å²) in [5.41, 5.74) is 21.6. The molecule has 0 saturated heterocycles. The number of hydrogen-bond acceptors (Lipinski definition) is 1. The third-order valence-electron chi connectivity index (χ3n) is 11.6. The Morgan fingerprint density at radius 3 is 2.10 bits per heavy atom. The molecule has 1 heterocycles. The zero-order valence-corrected chi connectivity index (χ0v) is 29.7. The summed E-state index contributed by atoms with van der Waals surface area (Å²) in [5, 5.41) is 0. The van der Waals surface area contributed by atoms with Gasteiger partial charge in [0.1, 0.15) is 0 Å². The smallest absolute Gasteiger partial charge is 0.0494 e. The van der Waals surface area contributed by atoms with Crippen molar-refractivity contribution in [1.29, 1.82) is 0 Å². The minimum absolute atomic E-state index is 0.411. The molecule has 1 atom stereocenters. The minimum atomic E-state index is 0.411. The molecule has 2 nitrogen and oxygen atoms in total. The van der Waals surface area contributed by atoms with Gasteiger partial charge >= 0.3 is 0 Å². The number of allylic oxidation sites excluding steroid dienone is 6. The zero-order valence-electron chi connectivity index (χ0n) is 29.7. The molecule has 6 aromatic rings. The number of fused-ring (bicyclic) bond motifs is 6. The molecule has 0 radical (unpaired) electrons. The summed E-state index contributed by atoms with van der Waals surface area (Å²) in [7, 11) is 0. The van der Waals surface area contributed by atoms with Gasteiger partial charge in [0, 0.05) is 45.6 Å². The number of nitrogens with zero attached hydrogens (tertiary/aromatic N) is 2. The third-order valence-corrected chi connectivity index (χ3v) is 11.6. The number of para-hydroxylation sites is 1. The summed E-state index contributed by atoms with van der Waals surface area (Å²) in [6.45, 7) is 2.41. The van der Waals surface area contributed by atoms with Gasteiger partial charge < -0.3 is 9.47 Å². The molecule has 2 heteroatoms. The second-order valence-corrected chi connectivity index (χ2v) is 14.8. The molecule has 0 amide bonds. The molecule has 0 fully saturated rings. The molecule has 252 valence electrons. The van der Waals surface area contributed by atoms with E-state index in [4.69, 9.17) is 0 Å². The average molecular weight is 671 g/mol. The van der Waals surface area contributed by atoms with Crippen molar-refractivity contribution in [1.82, 2.24) is 4.57 Å². The standard InChI is InChI=1S/C50H42N2/c1-34-30-39(33-48-47-18-10-11-19-49(47)52(50(34)48)41-15-6-3-7-16-41)37-22-26-43(27-23-37)51(42-24-20-36(21-25-42)35-12-4-2-5-13-35)44-28-29-46-40(32-44)31-38-14-8-9-17-45(38)46/h2-4,6-9,11-12,14-17,19-29,32-34H,5,10,13,18,30-31H2,1H3. The van der Waals surface area contributed by atoms with Crippen molar-refractivity contribution in [3.8, 4) is 16.8 Å². The fourth-order valence-electron chi connectivity index (χ4n) is 9.11. The minimum Gasteiger partial charge on any atom is -0.313 e. The molecular weight excluding hydrogens is 629 g/mol. The molecule has 1 unspecified atom stereocenters. The molecule has 0 aliphatic heterocycles. The monoisotopic (exact) mass is 670 g/mol. The van der Waals surface area contributed by atoms with Gasteiger partial charge in [0.05, 0.1) is 0 Å². The molecule has 4 aliphatic carbocycles. The van der Waals surface area contributed by atoms with Gasteiger partial charge in [0.15, 0.2) is 0 Å². The second-order valence-electron chi connectivity index (χ2n) is 14.8. The molecule has 10 rings (SSSR count). The highest BCUT2D eigenvalue weighted by Crippen LogP contribution is 2.46. The van der Waals surface area contributed by atoms with Gasteiger partial charge in [0.25, 0.3) is 0 Å². The lowest BCUT2D eigenvalue weighted by Crippen LogP contribution is -2.11. The van der Waals surface area contributed by atoms with Crippen molar-refractivity contribution in [2.45, 2.75) is 51.4 Å². The first kappa shape index (κ1) is 30.9. The Morgan fingerprint density at radius 2 is 1.33 bits per heavy atom. The van der Waals surface area contributed by atoms with Gasteiger partial charge in [-0.15, -0.1) is 0 Å². The van der Waals surface area contributed by atoms with E-state index in [-0.39, 0.29) is 0 Å². The summed E-state index contributed by atoms with van der Waals surface area (Å²) >= 11 is 0. The Balaban J connectivity index is 1.03. The van der Waals surface area contributed by atoms with Crippen LogP contribution in [-0.2, 0) is 12.8 Å². The van der Waals surface area contributed by atoms with Crippen LogP contribution in [0.3, 0.4) is 0 Å². The number of rotatable bonds is 6. The lowest BCUT2D eigenvalue weighted by Gasteiger charge is -2.27. The maximum atomic E-state index is 2.53. The van der Waals surface area contributed by atoms with Crippen LogP contribution >= 0.6 is 0 Å². The van der Waals surface area contributed by atoms with Crippen molar-refractivity contribution in [3.05, 3.63) is 190 Å². The maximum Gasteiger partial charge on any atom is 0.0494 e. The van der Waals surface area contributed by atoms with E-state index in [1.54, 1.807) is 0 Å². The topological polar surface area (TPSA) is 8.17 Å². The van der Waals surface area contributed by atoms with Gasteiger partial charge in [-0.2, -0.15) is 0 Å². The van der Waals surface area contributed by atoms with E-state index in [1.807, 2.05) is 0 Å². The van der Waals surface area contributed by atoms with Crippen LogP contribution in [0.15, 0.2) is 146 Å². The van der Waals surface area contributed by atoms with Crippen molar-refractivity contribution >= 4 is 40.4 Å².